The molecule has 1 aromatic heterocycles. The van der Waals surface area contributed by atoms with E-state index in [2.05, 4.69) is 24.5 Å². The van der Waals surface area contributed by atoms with E-state index in [1.54, 1.807) is 6.92 Å². The Morgan fingerprint density at radius 1 is 0.912 bits per heavy atom. The van der Waals surface area contributed by atoms with Gasteiger partial charge < -0.3 is 9.64 Å². The van der Waals surface area contributed by atoms with Gasteiger partial charge in [0.25, 0.3) is 0 Å². The molecule has 2 aromatic rings. The van der Waals surface area contributed by atoms with Gasteiger partial charge in [0.2, 0.25) is 11.6 Å². The van der Waals surface area contributed by atoms with Crippen molar-refractivity contribution in [2.45, 2.75) is 105 Å². The standard InChI is InChI=1S/C29H44ClN2O2/c1-4-6-7-8-9-10-11-12-13-16-21-34-29-19-18-26(22-28(29)30)23-32(25(3)33)24-27-17-14-15-20-31(27)5-2/h14-15,17-20,22H,4-13,16,21,23-24H2,1-3H3/q+1. The minimum atomic E-state index is 0.0453. The zero-order chi connectivity index (χ0) is 24.6. The van der Waals surface area contributed by atoms with Crippen molar-refractivity contribution in [2.75, 3.05) is 6.61 Å². The zero-order valence-corrected chi connectivity index (χ0v) is 22.3. The van der Waals surface area contributed by atoms with Gasteiger partial charge in [0.15, 0.2) is 6.20 Å². The summed E-state index contributed by atoms with van der Waals surface area (Å²) in [5.41, 5.74) is 2.12. The molecule has 0 spiro atoms. The molecule has 0 aliphatic carbocycles. The van der Waals surface area contributed by atoms with Crippen LogP contribution in [0.2, 0.25) is 5.02 Å². The first-order valence-corrected chi connectivity index (χ1v) is 13.6. The fraction of sp³-hybridized carbons (Fsp3) is 0.586. The van der Waals surface area contributed by atoms with E-state index in [1.807, 2.05) is 41.4 Å². The molecule has 5 heteroatoms. The van der Waals surface area contributed by atoms with Crippen molar-refractivity contribution in [1.82, 2.24) is 4.90 Å². The lowest BCUT2D eigenvalue weighted by Gasteiger charge is -2.20. The third kappa shape index (κ3) is 10.5. The maximum absolute atomic E-state index is 12.3. The Kier molecular flexibility index (Phi) is 13.7. The average molecular weight is 488 g/mol. The minimum Gasteiger partial charge on any atom is -0.492 e. The number of ether oxygens (including phenoxy) is 1. The van der Waals surface area contributed by atoms with Gasteiger partial charge in [0.05, 0.1) is 11.6 Å². The highest BCUT2D eigenvalue weighted by Gasteiger charge is 2.17. The highest BCUT2D eigenvalue weighted by atomic mass is 35.5. The monoisotopic (exact) mass is 487 g/mol. The second kappa shape index (κ2) is 16.5. The minimum absolute atomic E-state index is 0.0453. The molecule has 1 amide bonds. The van der Waals surface area contributed by atoms with Crippen LogP contribution in [0.3, 0.4) is 0 Å². The molecule has 2 rings (SSSR count). The van der Waals surface area contributed by atoms with Crippen molar-refractivity contribution in [3.63, 3.8) is 0 Å². The summed E-state index contributed by atoms with van der Waals surface area (Å²) in [5, 5.41) is 0.608. The average Bonchev–Trinajstić information content (AvgIpc) is 2.83. The van der Waals surface area contributed by atoms with Crippen molar-refractivity contribution >= 4 is 17.5 Å². The van der Waals surface area contributed by atoms with E-state index >= 15 is 0 Å². The van der Waals surface area contributed by atoms with Crippen LogP contribution in [0, 0.1) is 0 Å². The number of aryl methyl sites for hydroxylation is 1. The lowest BCUT2D eigenvalue weighted by molar-refractivity contribution is -0.701. The van der Waals surface area contributed by atoms with Gasteiger partial charge in [-0.05, 0) is 31.0 Å². The van der Waals surface area contributed by atoms with Crippen LogP contribution in [0.1, 0.15) is 96.2 Å². The number of carbonyl (C=O) groups excluding carboxylic acids is 1. The molecule has 0 atom stereocenters. The van der Waals surface area contributed by atoms with Crippen LogP contribution in [0.15, 0.2) is 42.6 Å². The summed E-state index contributed by atoms with van der Waals surface area (Å²) < 4.78 is 8.09. The molecule has 0 saturated carbocycles. The van der Waals surface area contributed by atoms with Gasteiger partial charge in [-0.1, -0.05) is 88.4 Å². The maximum Gasteiger partial charge on any atom is 0.220 e. The van der Waals surface area contributed by atoms with Crippen molar-refractivity contribution < 1.29 is 14.1 Å². The molecule has 1 heterocycles. The summed E-state index contributed by atoms with van der Waals surface area (Å²) >= 11 is 6.50. The number of hydrogen-bond donors (Lipinski definition) is 0. The number of halogens is 1. The highest BCUT2D eigenvalue weighted by Crippen LogP contribution is 2.26. The van der Waals surface area contributed by atoms with Crippen LogP contribution in [0.25, 0.3) is 0 Å². The van der Waals surface area contributed by atoms with Crippen LogP contribution in [0.4, 0.5) is 0 Å². The van der Waals surface area contributed by atoms with Crippen molar-refractivity contribution in [2.24, 2.45) is 0 Å². The summed E-state index contributed by atoms with van der Waals surface area (Å²) in [6.07, 6.45) is 15.1. The molecule has 0 radical (unpaired) electrons. The lowest BCUT2D eigenvalue weighted by Crippen LogP contribution is -2.40. The lowest BCUT2D eigenvalue weighted by atomic mass is 10.1. The quantitative estimate of drug-likeness (QED) is 0.171. The molecule has 0 saturated heterocycles. The molecule has 0 N–H and O–H groups in total. The van der Waals surface area contributed by atoms with Crippen LogP contribution >= 0.6 is 11.6 Å². The molecule has 0 aliphatic heterocycles. The zero-order valence-electron chi connectivity index (χ0n) is 21.5. The molecule has 1 aromatic carbocycles. The van der Waals surface area contributed by atoms with E-state index < -0.39 is 0 Å². The molecular formula is C29H44ClN2O2+. The fourth-order valence-electron chi connectivity index (χ4n) is 4.19. The normalized spacial score (nSPS) is 10.9. The highest BCUT2D eigenvalue weighted by molar-refractivity contribution is 6.32. The Bertz CT molecular complexity index is 856. The third-order valence-corrected chi connectivity index (χ3v) is 6.59. The number of amides is 1. The summed E-state index contributed by atoms with van der Waals surface area (Å²) in [6, 6.07) is 12.0. The topological polar surface area (TPSA) is 33.4 Å². The summed E-state index contributed by atoms with van der Waals surface area (Å²) in [4.78, 5) is 14.1. The van der Waals surface area contributed by atoms with Gasteiger partial charge in [-0.15, -0.1) is 0 Å². The molecule has 188 valence electrons. The van der Waals surface area contributed by atoms with E-state index in [-0.39, 0.29) is 5.91 Å². The van der Waals surface area contributed by atoms with Crippen molar-refractivity contribution in [3.05, 3.63) is 58.9 Å². The Labute approximate surface area is 212 Å². The predicted octanol–water partition coefficient (Wildman–Crippen LogP) is 7.50. The van der Waals surface area contributed by atoms with Gasteiger partial charge in [-0.25, -0.2) is 4.57 Å². The smallest absolute Gasteiger partial charge is 0.220 e. The number of nitrogens with zero attached hydrogens (tertiary/aromatic N) is 2. The van der Waals surface area contributed by atoms with Gasteiger partial charge >= 0.3 is 0 Å². The van der Waals surface area contributed by atoms with E-state index in [0.29, 0.717) is 24.7 Å². The number of pyridine rings is 1. The van der Waals surface area contributed by atoms with Gasteiger partial charge in [0.1, 0.15) is 18.8 Å². The number of rotatable bonds is 17. The number of unbranched alkanes of at least 4 members (excludes halogenated alkanes) is 9. The molecular weight excluding hydrogens is 444 g/mol. The number of aromatic nitrogens is 1. The third-order valence-electron chi connectivity index (χ3n) is 6.30. The predicted molar refractivity (Wildman–Crippen MR) is 141 cm³/mol. The van der Waals surface area contributed by atoms with Gasteiger partial charge in [0, 0.05) is 25.6 Å². The van der Waals surface area contributed by atoms with Crippen LogP contribution < -0.4 is 9.30 Å². The molecule has 0 unspecified atom stereocenters. The number of carbonyl (C=O) groups is 1. The fourth-order valence-corrected chi connectivity index (χ4v) is 4.45. The van der Waals surface area contributed by atoms with Crippen LogP contribution in [0.5, 0.6) is 5.75 Å². The maximum atomic E-state index is 12.3. The Morgan fingerprint density at radius 2 is 1.59 bits per heavy atom. The molecule has 4 nitrogen and oxygen atoms in total. The Balaban J connectivity index is 1.74. The summed E-state index contributed by atoms with van der Waals surface area (Å²) in [6.45, 7) is 8.64. The van der Waals surface area contributed by atoms with Crippen molar-refractivity contribution in [1.29, 1.82) is 0 Å². The van der Waals surface area contributed by atoms with Crippen LogP contribution in [-0.4, -0.2) is 17.4 Å². The molecule has 34 heavy (non-hydrogen) atoms. The van der Waals surface area contributed by atoms with E-state index in [1.165, 1.54) is 57.8 Å². The van der Waals surface area contributed by atoms with E-state index in [0.717, 1.165) is 30.0 Å². The van der Waals surface area contributed by atoms with Crippen molar-refractivity contribution in [3.8, 4) is 5.75 Å². The Morgan fingerprint density at radius 3 is 2.21 bits per heavy atom. The number of hydrogen-bond acceptors (Lipinski definition) is 2. The molecule has 0 bridgehead atoms. The van der Waals surface area contributed by atoms with E-state index in [9.17, 15) is 4.79 Å². The Hall–Kier alpha value is -2.07. The first kappa shape index (κ1) is 28.2. The first-order valence-electron chi connectivity index (χ1n) is 13.2. The van der Waals surface area contributed by atoms with Gasteiger partial charge in [-0.3, -0.25) is 4.79 Å². The largest absolute Gasteiger partial charge is 0.492 e. The molecule has 0 aliphatic rings. The van der Waals surface area contributed by atoms with Gasteiger partial charge in [-0.2, -0.15) is 0 Å². The van der Waals surface area contributed by atoms with Crippen LogP contribution in [-0.2, 0) is 24.4 Å². The summed E-state index contributed by atoms with van der Waals surface area (Å²) in [7, 11) is 0. The second-order valence-corrected chi connectivity index (χ2v) is 9.56. The number of benzene rings is 1. The second-order valence-electron chi connectivity index (χ2n) is 9.15. The first-order chi connectivity index (χ1) is 16.5. The van der Waals surface area contributed by atoms with E-state index in [4.69, 9.17) is 16.3 Å². The SMILES string of the molecule is CCCCCCCCCCCCOc1ccc(CN(Cc2cccc[n+]2CC)C(C)=O)cc1Cl. The summed E-state index contributed by atoms with van der Waals surface area (Å²) in [5.74, 6) is 0.770. The molecule has 0 fully saturated rings.